The number of rotatable bonds is 5. The number of hydrogen-bond donors (Lipinski definition) is 2. The number of aromatic nitrogens is 3. The van der Waals surface area contributed by atoms with Crippen LogP contribution in [0.3, 0.4) is 0 Å². The number of nitrogens with one attached hydrogen (secondary N) is 2. The molecule has 0 atom stereocenters. The lowest BCUT2D eigenvalue weighted by Gasteiger charge is -2.11. The van der Waals surface area contributed by atoms with Crippen LogP contribution in [0.5, 0.6) is 5.88 Å². The van der Waals surface area contributed by atoms with Crippen molar-refractivity contribution in [3.63, 3.8) is 0 Å². The minimum Gasteiger partial charge on any atom is -0.480 e. The van der Waals surface area contributed by atoms with Gasteiger partial charge in [0.1, 0.15) is 0 Å². The maximum Gasteiger partial charge on any atom is 0.319 e. The van der Waals surface area contributed by atoms with Crippen molar-refractivity contribution in [2.45, 2.75) is 13.5 Å². The highest BCUT2D eigenvalue weighted by atomic mass is 16.5. The number of anilines is 1. The fraction of sp³-hybridized carbons (Fsp3) is 0.136. The number of ether oxygens (including phenoxy) is 1. The molecule has 4 aromatic rings. The van der Waals surface area contributed by atoms with Gasteiger partial charge in [0.15, 0.2) is 5.65 Å². The predicted molar refractivity (Wildman–Crippen MR) is 112 cm³/mol. The highest BCUT2D eigenvalue weighted by molar-refractivity contribution is 5.91. The maximum absolute atomic E-state index is 12.3. The van der Waals surface area contributed by atoms with E-state index < -0.39 is 0 Å². The molecule has 0 aliphatic carbocycles. The minimum absolute atomic E-state index is 0.254. The average Bonchev–Trinajstić information content (AvgIpc) is 3.18. The molecule has 0 saturated heterocycles. The molecule has 7 heteroatoms. The molecule has 146 valence electrons. The lowest BCUT2D eigenvalue weighted by Crippen LogP contribution is -2.28. The molecule has 0 unspecified atom stereocenters. The van der Waals surface area contributed by atoms with Gasteiger partial charge in [-0.15, -0.1) is 5.10 Å². The molecule has 0 fully saturated rings. The van der Waals surface area contributed by atoms with Gasteiger partial charge in [0.25, 0.3) is 0 Å². The van der Waals surface area contributed by atoms with Crippen molar-refractivity contribution < 1.29 is 9.53 Å². The topological polar surface area (TPSA) is 80.5 Å². The fourth-order valence-electron chi connectivity index (χ4n) is 2.97. The molecule has 2 amide bonds. The highest BCUT2D eigenvalue weighted by Gasteiger charge is 2.10. The lowest BCUT2D eigenvalue weighted by atomic mass is 10.1. The summed E-state index contributed by atoms with van der Waals surface area (Å²) in [5, 5.41) is 10.1. The molecule has 0 aliphatic rings. The first-order valence-electron chi connectivity index (χ1n) is 9.22. The number of carbonyl (C=O) groups is 1. The molecule has 2 N–H and O–H groups in total. The molecule has 2 aromatic heterocycles. The second kappa shape index (κ2) is 8.02. The zero-order valence-electron chi connectivity index (χ0n) is 16.2. The van der Waals surface area contributed by atoms with Gasteiger partial charge in [-0.05, 0) is 30.2 Å². The van der Waals surface area contributed by atoms with Crippen molar-refractivity contribution in [1.82, 2.24) is 19.9 Å². The monoisotopic (exact) mass is 387 g/mol. The minimum atomic E-state index is -0.254. The van der Waals surface area contributed by atoms with Gasteiger partial charge in [-0.2, -0.15) is 0 Å². The first-order chi connectivity index (χ1) is 14.1. The summed E-state index contributed by atoms with van der Waals surface area (Å²) >= 11 is 0. The smallest absolute Gasteiger partial charge is 0.319 e. The molecule has 0 aliphatic heterocycles. The van der Waals surface area contributed by atoms with Gasteiger partial charge < -0.3 is 15.4 Å². The standard InChI is InChI=1S/C22H21N5O2/c1-15-8-9-17(19-14-27-20(24-19)10-11-21(26-27)29-2)12-18(15)25-22(28)23-13-16-6-4-3-5-7-16/h3-12,14H,13H2,1-2H3,(H2,23,25,28). The molecule has 0 radical (unpaired) electrons. The Kier molecular flexibility index (Phi) is 5.11. The molecule has 2 aromatic carbocycles. The summed E-state index contributed by atoms with van der Waals surface area (Å²) in [6.45, 7) is 2.41. The van der Waals surface area contributed by atoms with Crippen LogP contribution in [0.1, 0.15) is 11.1 Å². The van der Waals surface area contributed by atoms with Crippen LogP contribution < -0.4 is 15.4 Å². The van der Waals surface area contributed by atoms with Crippen LogP contribution in [0.4, 0.5) is 10.5 Å². The number of carbonyl (C=O) groups excluding carboxylic acids is 1. The normalized spacial score (nSPS) is 10.7. The van der Waals surface area contributed by atoms with E-state index in [2.05, 4.69) is 20.7 Å². The van der Waals surface area contributed by atoms with E-state index in [1.165, 1.54) is 0 Å². The zero-order chi connectivity index (χ0) is 20.2. The van der Waals surface area contributed by atoms with Crippen LogP contribution >= 0.6 is 0 Å². The van der Waals surface area contributed by atoms with Crippen molar-refractivity contribution in [2.75, 3.05) is 12.4 Å². The van der Waals surface area contributed by atoms with Crippen molar-refractivity contribution in [3.05, 3.63) is 78.0 Å². The third-order valence-electron chi connectivity index (χ3n) is 4.58. The Morgan fingerprint density at radius 1 is 1.10 bits per heavy atom. The van der Waals surface area contributed by atoms with E-state index >= 15 is 0 Å². The Bertz CT molecular complexity index is 1150. The Morgan fingerprint density at radius 3 is 2.72 bits per heavy atom. The van der Waals surface area contributed by atoms with Crippen molar-refractivity contribution in [3.8, 4) is 17.1 Å². The van der Waals surface area contributed by atoms with Gasteiger partial charge in [0.05, 0.1) is 19.0 Å². The van der Waals surface area contributed by atoms with Crippen molar-refractivity contribution in [2.24, 2.45) is 0 Å². The molecule has 0 saturated carbocycles. The number of urea groups is 1. The second-order valence-electron chi connectivity index (χ2n) is 6.63. The Morgan fingerprint density at radius 2 is 1.93 bits per heavy atom. The van der Waals surface area contributed by atoms with Gasteiger partial charge in [0.2, 0.25) is 5.88 Å². The zero-order valence-corrected chi connectivity index (χ0v) is 16.2. The lowest BCUT2D eigenvalue weighted by molar-refractivity contribution is 0.251. The Labute approximate surface area is 168 Å². The molecule has 2 heterocycles. The summed E-state index contributed by atoms with van der Waals surface area (Å²) in [5.74, 6) is 0.516. The molecular formula is C22H21N5O2. The van der Waals surface area contributed by atoms with Crippen LogP contribution in [0.25, 0.3) is 16.9 Å². The quantitative estimate of drug-likeness (QED) is 0.542. The molecule has 0 spiro atoms. The van der Waals surface area contributed by atoms with E-state index in [4.69, 9.17) is 4.74 Å². The third-order valence-corrected chi connectivity index (χ3v) is 4.58. The van der Waals surface area contributed by atoms with E-state index in [0.717, 1.165) is 33.7 Å². The van der Waals surface area contributed by atoms with Gasteiger partial charge in [-0.1, -0.05) is 42.5 Å². The first-order valence-corrected chi connectivity index (χ1v) is 9.22. The maximum atomic E-state index is 12.3. The largest absolute Gasteiger partial charge is 0.480 e. The van der Waals surface area contributed by atoms with Gasteiger partial charge in [-0.3, -0.25) is 0 Å². The van der Waals surface area contributed by atoms with Crippen LogP contribution in [0.15, 0.2) is 66.9 Å². The Balaban J connectivity index is 1.52. The van der Waals surface area contributed by atoms with E-state index in [1.807, 2.05) is 67.7 Å². The van der Waals surface area contributed by atoms with E-state index in [0.29, 0.717) is 12.4 Å². The summed E-state index contributed by atoms with van der Waals surface area (Å²) < 4.78 is 6.83. The van der Waals surface area contributed by atoms with E-state index in [9.17, 15) is 4.79 Å². The molecule has 0 bridgehead atoms. The number of hydrogen-bond acceptors (Lipinski definition) is 4. The summed E-state index contributed by atoms with van der Waals surface area (Å²) in [7, 11) is 1.58. The third kappa shape index (κ3) is 4.19. The van der Waals surface area contributed by atoms with Crippen LogP contribution in [0.2, 0.25) is 0 Å². The predicted octanol–water partition coefficient (Wildman–Crippen LogP) is 4.04. The summed E-state index contributed by atoms with van der Waals surface area (Å²) in [4.78, 5) is 16.9. The number of aryl methyl sites for hydroxylation is 1. The molecular weight excluding hydrogens is 366 g/mol. The average molecular weight is 387 g/mol. The molecule has 4 rings (SSSR count). The van der Waals surface area contributed by atoms with Crippen LogP contribution in [-0.4, -0.2) is 27.7 Å². The summed E-state index contributed by atoms with van der Waals surface area (Å²) in [5.41, 5.74) is 5.11. The second-order valence-corrected chi connectivity index (χ2v) is 6.63. The number of nitrogens with zero attached hydrogens (tertiary/aromatic N) is 3. The van der Waals surface area contributed by atoms with Crippen molar-refractivity contribution >= 4 is 17.4 Å². The molecule has 7 nitrogen and oxygen atoms in total. The SMILES string of the molecule is COc1ccc2nc(-c3ccc(C)c(NC(=O)NCc4ccccc4)c3)cn2n1. The highest BCUT2D eigenvalue weighted by Crippen LogP contribution is 2.25. The first kappa shape index (κ1) is 18.5. The summed E-state index contributed by atoms with van der Waals surface area (Å²) in [6.07, 6.45) is 1.84. The van der Waals surface area contributed by atoms with Gasteiger partial charge >= 0.3 is 6.03 Å². The number of fused-ring (bicyclic) bond motifs is 1. The van der Waals surface area contributed by atoms with Gasteiger partial charge in [0, 0.05) is 23.9 Å². The molecule has 29 heavy (non-hydrogen) atoms. The number of amides is 2. The fourth-order valence-corrected chi connectivity index (χ4v) is 2.97. The van der Waals surface area contributed by atoms with Crippen molar-refractivity contribution in [1.29, 1.82) is 0 Å². The van der Waals surface area contributed by atoms with E-state index in [-0.39, 0.29) is 6.03 Å². The number of methoxy groups -OCH3 is 1. The number of imidazole rings is 1. The van der Waals surface area contributed by atoms with Crippen LogP contribution in [-0.2, 0) is 6.54 Å². The number of benzene rings is 2. The Hall–Kier alpha value is -3.87. The van der Waals surface area contributed by atoms with Gasteiger partial charge in [-0.25, -0.2) is 14.3 Å². The summed E-state index contributed by atoms with van der Waals surface area (Å²) in [6, 6.07) is 19.0. The van der Waals surface area contributed by atoms with Crippen LogP contribution in [0, 0.1) is 6.92 Å². The van der Waals surface area contributed by atoms with E-state index in [1.54, 1.807) is 17.7 Å².